The van der Waals surface area contributed by atoms with E-state index in [4.69, 9.17) is 0 Å². The summed E-state index contributed by atoms with van der Waals surface area (Å²) in [4.78, 5) is 22.8. The van der Waals surface area contributed by atoms with Gasteiger partial charge in [0.25, 0.3) is 11.8 Å². The molecule has 1 rings (SSSR count). The number of nitrogens with one attached hydrogen (secondary N) is 1. The summed E-state index contributed by atoms with van der Waals surface area (Å²) in [6.07, 6.45) is 3.43. The Balaban J connectivity index is 0.000000336. The Labute approximate surface area is 91.3 Å². The van der Waals surface area contributed by atoms with E-state index in [0.29, 0.717) is 6.54 Å². The fourth-order valence-corrected chi connectivity index (χ4v) is 1.13. The molecule has 4 nitrogen and oxygen atoms in total. The molecule has 0 saturated carbocycles. The summed E-state index contributed by atoms with van der Waals surface area (Å²) in [6, 6.07) is 0. The molecule has 86 valence electrons. The second kappa shape index (κ2) is 8.17. The van der Waals surface area contributed by atoms with Crippen LogP contribution in [0, 0.1) is 0 Å². The van der Waals surface area contributed by atoms with Gasteiger partial charge in [0, 0.05) is 18.7 Å². The fraction of sp³-hybridized carbons (Fsp3) is 0.636. The highest BCUT2D eigenvalue weighted by Gasteiger charge is 2.21. The van der Waals surface area contributed by atoms with Crippen molar-refractivity contribution in [3.05, 3.63) is 12.2 Å². The lowest BCUT2D eigenvalue weighted by Crippen LogP contribution is -2.30. The molecule has 0 aromatic rings. The Hall–Kier alpha value is -1.16. The van der Waals surface area contributed by atoms with Crippen molar-refractivity contribution in [1.29, 1.82) is 0 Å². The predicted octanol–water partition coefficient (Wildman–Crippen LogP) is 0.937. The van der Waals surface area contributed by atoms with Crippen LogP contribution in [-0.4, -0.2) is 36.3 Å². The van der Waals surface area contributed by atoms with Crippen molar-refractivity contribution in [2.24, 2.45) is 0 Å². The van der Waals surface area contributed by atoms with Gasteiger partial charge in [-0.15, -0.1) is 0 Å². The molecule has 0 fully saturated rings. The van der Waals surface area contributed by atoms with E-state index in [9.17, 15) is 9.59 Å². The van der Waals surface area contributed by atoms with Gasteiger partial charge in [-0.05, 0) is 19.5 Å². The molecular formula is C11H20N2O2. The molecule has 0 aliphatic carbocycles. The van der Waals surface area contributed by atoms with Crippen LogP contribution in [-0.2, 0) is 9.59 Å². The Morgan fingerprint density at radius 1 is 1.07 bits per heavy atom. The maximum absolute atomic E-state index is 10.8. The third-order valence-corrected chi connectivity index (χ3v) is 1.85. The normalized spacial score (nSPS) is 14.2. The molecule has 1 aliphatic rings. The molecule has 0 saturated heterocycles. The average Bonchev–Trinajstić information content (AvgIpc) is 2.52. The van der Waals surface area contributed by atoms with E-state index in [-0.39, 0.29) is 11.8 Å². The van der Waals surface area contributed by atoms with Crippen molar-refractivity contribution in [1.82, 2.24) is 10.2 Å². The number of rotatable bonds is 4. The highest BCUT2D eigenvalue weighted by molar-refractivity contribution is 6.12. The summed E-state index contributed by atoms with van der Waals surface area (Å²) < 4.78 is 0. The second-order valence-electron chi connectivity index (χ2n) is 3.12. The van der Waals surface area contributed by atoms with Gasteiger partial charge in [0.05, 0.1) is 0 Å². The van der Waals surface area contributed by atoms with Crippen molar-refractivity contribution in [2.75, 3.05) is 19.6 Å². The van der Waals surface area contributed by atoms with E-state index in [2.05, 4.69) is 19.2 Å². The largest absolute Gasteiger partial charge is 0.317 e. The zero-order chi connectivity index (χ0) is 11.7. The van der Waals surface area contributed by atoms with Gasteiger partial charge in [-0.2, -0.15) is 0 Å². The minimum absolute atomic E-state index is 0.188. The highest BCUT2D eigenvalue weighted by Crippen LogP contribution is 2.02. The molecule has 0 unspecified atom stereocenters. The molecule has 0 aromatic heterocycles. The first-order chi connectivity index (χ1) is 7.17. The van der Waals surface area contributed by atoms with E-state index in [1.54, 1.807) is 0 Å². The lowest BCUT2D eigenvalue weighted by molar-refractivity contribution is -0.136. The van der Waals surface area contributed by atoms with E-state index in [1.165, 1.54) is 17.1 Å². The number of carbonyl (C=O) groups is 2. The Kier molecular flexibility index (Phi) is 7.54. The van der Waals surface area contributed by atoms with E-state index in [0.717, 1.165) is 19.5 Å². The van der Waals surface area contributed by atoms with Crippen LogP contribution < -0.4 is 5.32 Å². The highest BCUT2D eigenvalue weighted by atomic mass is 16.2. The van der Waals surface area contributed by atoms with E-state index >= 15 is 0 Å². The number of hydrogen-bond acceptors (Lipinski definition) is 3. The summed E-state index contributed by atoms with van der Waals surface area (Å²) in [6.45, 7) is 8.85. The molecule has 0 radical (unpaired) electrons. The van der Waals surface area contributed by atoms with Crippen LogP contribution >= 0.6 is 0 Å². The summed E-state index contributed by atoms with van der Waals surface area (Å²) in [5.41, 5.74) is 0. The van der Waals surface area contributed by atoms with Gasteiger partial charge >= 0.3 is 0 Å². The number of imide groups is 1. The van der Waals surface area contributed by atoms with Gasteiger partial charge in [-0.25, -0.2) is 0 Å². The molecule has 0 atom stereocenters. The topological polar surface area (TPSA) is 49.4 Å². The van der Waals surface area contributed by atoms with E-state index < -0.39 is 0 Å². The number of hydrogen-bond donors (Lipinski definition) is 1. The molecule has 2 amide bonds. The van der Waals surface area contributed by atoms with Crippen LogP contribution in [0.2, 0.25) is 0 Å². The van der Waals surface area contributed by atoms with Crippen LogP contribution in [0.1, 0.15) is 27.2 Å². The van der Waals surface area contributed by atoms with Crippen LogP contribution in [0.5, 0.6) is 0 Å². The lowest BCUT2D eigenvalue weighted by atomic mass is 10.4. The molecular weight excluding hydrogens is 192 g/mol. The molecule has 4 heteroatoms. The van der Waals surface area contributed by atoms with Gasteiger partial charge in [0.1, 0.15) is 0 Å². The molecule has 1 heterocycles. The van der Waals surface area contributed by atoms with Crippen molar-refractivity contribution >= 4 is 11.8 Å². The lowest BCUT2D eigenvalue weighted by Gasteiger charge is -2.10. The van der Waals surface area contributed by atoms with Gasteiger partial charge in [-0.3, -0.25) is 14.5 Å². The van der Waals surface area contributed by atoms with Crippen LogP contribution in [0.15, 0.2) is 12.2 Å². The van der Waals surface area contributed by atoms with Crippen molar-refractivity contribution in [2.45, 2.75) is 27.2 Å². The monoisotopic (exact) mass is 212 g/mol. The summed E-state index contributed by atoms with van der Waals surface area (Å²) in [5.74, 6) is -0.376. The standard InChI is InChI=1S/C7H9NO2.C4H11N/c1-2-5-8-6(9)3-4-7(8)10;1-3-5-4-2/h3-4H,2,5H2,1H3;5H,3-4H2,1-2H3. The molecule has 1 aliphatic heterocycles. The quantitative estimate of drug-likeness (QED) is 0.705. The van der Waals surface area contributed by atoms with Crippen LogP contribution in [0.3, 0.4) is 0 Å². The Morgan fingerprint density at radius 2 is 1.53 bits per heavy atom. The molecule has 1 N–H and O–H groups in total. The smallest absolute Gasteiger partial charge is 0.253 e. The number of amides is 2. The third-order valence-electron chi connectivity index (χ3n) is 1.85. The van der Waals surface area contributed by atoms with Gasteiger partial charge < -0.3 is 5.32 Å². The van der Waals surface area contributed by atoms with Crippen LogP contribution in [0.25, 0.3) is 0 Å². The van der Waals surface area contributed by atoms with Crippen molar-refractivity contribution < 1.29 is 9.59 Å². The van der Waals surface area contributed by atoms with Gasteiger partial charge in [-0.1, -0.05) is 20.8 Å². The van der Waals surface area contributed by atoms with Crippen molar-refractivity contribution in [3.8, 4) is 0 Å². The second-order valence-corrected chi connectivity index (χ2v) is 3.12. The van der Waals surface area contributed by atoms with Gasteiger partial charge in [0.15, 0.2) is 0 Å². The fourth-order valence-electron chi connectivity index (χ4n) is 1.13. The number of carbonyl (C=O) groups excluding carboxylic acids is 2. The molecule has 0 aromatic carbocycles. The molecule has 0 spiro atoms. The first-order valence-corrected chi connectivity index (χ1v) is 5.41. The SMILES string of the molecule is CCCN1C(=O)C=CC1=O.CCNCC. The average molecular weight is 212 g/mol. The maximum atomic E-state index is 10.8. The molecule has 0 bridgehead atoms. The first kappa shape index (κ1) is 13.8. The van der Waals surface area contributed by atoms with Gasteiger partial charge in [0.2, 0.25) is 0 Å². The summed E-state index contributed by atoms with van der Waals surface area (Å²) in [5, 5.41) is 3.11. The maximum Gasteiger partial charge on any atom is 0.253 e. The first-order valence-electron chi connectivity index (χ1n) is 5.41. The minimum atomic E-state index is -0.188. The van der Waals surface area contributed by atoms with Crippen molar-refractivity contribution in [3.63, 3.8) is 0 Å². The zero-order valence-corrected chi connectivity index (χ0v) is 9.75. The summed E-state index contributed by atoms with van der Waals surface area (Å²) >= 11 is 0. The Bertz CT molecular complexity index is 217. The Morgan fingerprint density at radius 3 is 1.80 bits per heavy atom. The number of nitrogens with zero attached hydrogens (tertiary/aromatic N) is 1. The third kappa shape index (κ3) is 5.32. The minimum Gasteiger partial charge on any atom is -0.317 e. The van der Waals surface area contributed by atoms with Crippen LogP contribution in [0.4, 0.5) is 0 Å². The van der Waals surface area contributed by atoms with E-state index in [1.807, 2.05) is 6.92 Å². The predicted molar refractivity (Wildman–Crippen MR) is 60.4 cm³/mol. The summed E-state index contributed by atoms with van der Waals surface area (Å²) in [7, 11) is 0. The molecule has 15 heavy (non-hydrogen) atoms. The zero-order valence-electron chi connectivity index (χ0n) is 9.75.